The SMILES string of the molecule is N#CC(C#N)=C(c1ccccc1)[C@@H]1[C@H](c2ccccc2)[C@@H](C(=O)C2CC2)N2c3ccccc3C=C[C@H]12. The molecule has 0 bridgehead atoms. The van der Waals surface area contributed by atoms with Crippen LogP contribution in [-0.2, 0) is 4.79 Å². The summed E-state index contributed by atoms with van der Waals surface area (Å²) in [5.41, 5.74) is 4.87. The summed E-state index contributed by atoms with van der Waals surface area (Å²) in [6.07, 6.45) is 6.15. The van der Waals surface area contributed by atoms with E-state index in [9.17, 15) is 15.3 Å². The summed E-state index contributed by atoms with van der Waals surface area (Å²) in [6.45, 7) is 0. The van der Waals surface area contributed by atoms with Crippen LogP contribution < -0.4 is 4.90 Å². The highest BCUT2D eigenvalue weighted by molar-refractivity contribution is 5.96. The van der Waals surface area contributed by atoms with Crippen molar-refractivity contribution in [3.63, 3.8) is 0 Å². The Bertz CT molecular complexity index is 1440. The summed E-state index contributed by atoms with van der Waals surface area (Å²) < 4.78 is 0. The highest BCUT2D eigenvalue weighted by atomic mass is 16.1. The lowest BCUT2D eigenvalue weighted by Gasteiger charge is -2.36. The van der Waals surface area contributed by atoms with Crippen molar-refractivity contribution < 1.29 is 4.79 Å². The first-order valence-electron chi connectivity index (χ1n) is 12.5. The second kappa shape index (κ2) is 8.99. The molecule has 2 heterocycles. The third-order valence-corrected chi connectivity index (χ3v) is 7.77. The lowest BCUT2D eigenvalue weighted by atomic mass is 9.73. The molecule has 1 saturated heterocycles. The van der Waals surface area contributed by atoms with Gasteiger partial charge in [-0.1, -0.05) is 91.0 Å². The standard InChI is InChI=1S/C32H25N3O/c33-19-25(20-34)28(22-10-3-1-4-11-22)30-27-18-17-21-9-7-8-14-26(21)35(27)31(32(36)24-15-16-24)29(30)23-12-5-2-6-13-23/h1-14,17-18,24,27,29-31H,15-16H2/t27-,29+,30-,31+/m1/s1. The summed E-state index contributed by atoms with van der Waals surface area (Å²) in [5, 5.41) is 20.1. The van der Waals surface area contributed by atoms with Crippen LogP contribution in [0.2, 0.25) is 0 Å². The number of hydrogen-bond acceptors (Lipinski definition) is 4. The predicted molar refractivity (Wildman–Crippen MR) is 141 cm³/mol. The van der Waals surface area contributed by atoms with Crippen LogP contribution >= 0.6 is 0 Å². The monoisotopic (exact) mass is 467 g/mol. The Morgan fingerprint density at radius 2 is 1.47 bits per heavy atom. The maximum Gasteiger partial charge on any atom is 0.158 e. The van der Waals surface area contributed by atoms with Crippen LogP contribution in [-0.4, -0.2) is 17.9 Å². The molecule has 1 saturated carbocycles. The number of para-hydroxylation sites is 1. The normalized spacial score (nSPS) is 23.7. The lowest BCUT2D eigenvalue weighted by molar-refractivity contribution is -0.121. The van der Waals surface area contributed by atoms with E-state index in [4.69, 9.17) is 0 Å². The Kier molecular flexibility index (Phi) is 5.51. The molecule has 174 valence electrons. The van der Waals surface area contributed by atoms with E-state index in [0.29, 0.717) is 0 Å². The number of Topliss-reactive ketones (excluding diaryl/α,β-unsaturated/α-hetero) is 1. The fourth-order valence-electron chi connectivity index (χ4n) is 6.13. The fourth-order valence-corrected chi connectivity index (χ4v) is 6.13. The number of carbonyl (C=O) groups excluding carboxylic acids is 1. The molecule has 3 aliphatic rings. The van der Waals surface area contributed by atoms with Gasteiger partial charge in [0.15, 0.2) is 5.78 Å². The van der Waals surface area contributed by atoms with Gasteiger partial charge in [0.25, 0.3) is 0 Å². The minimum Gasteiger partial charge on any atom is -0.353 e. The van der Waals surface area contributed by atoms with Crippen molar-refractivity contribution in [2.75, 3.05) is 4.90 Å². The van der Waals surface area contributed by atoms with Gasteiger partial charge in [-0.3, -0.25) is 4.79 Å². The van der Waals surface area contributed by atoms with E-state index in [-0.39, 0.29) is 41.2 Å². The molecule has 3 aromatic carbocycles. The van der Waals surface area contributed by atoms with E-state index in [1.54, 1.807) is 0 Å². The topological polar surface area (TPSA) is 67.9 Å². The Labute approximate surface area is 211 Å². The summed E-state index contributed by atoms with van der Waals surface area (Å²) >= 11 is 0. The van der Waals surface area contributed by atoms with Gasteiger partial charge in [0.1, 0.15) is 17.7 Å². The van der Waals surface area contributed by atoms with Gasteiger partial charge in [-0.2, -0.15) is 10.5 Å². The molecule has 4 atom stereocenters. The number of fused-ring (bicyclic) bond motifs is 3. The second-order valence-electron chi connectivity index (χ2n) is 9.78. The molecular formula is C32H25N3O. The average molecular weight is 468 g/mol. The number of carbonyl (C=O) groups is 1. The third-order valence-electron chi connectivity index (χ3n) is 7.77. The largest absolute Gasteiger partial charge is 0.353 e. The summed E-state index contributed by atoms with van der Waals surface area (Å²) in [6, 6.07) is 31.9. The van der Waals surface area contributed by atoms with Gasteiger partial charge in [-0.25, -0.2) is 0 Å². The zero-order valence-electron chi connectivity index (χ0n) is 19.8. The van der Waals surface area contributed by atoms with E-state index in [1.165, 1.54) is 0 Å². The van der Waals surface area contributed by atoms with Gasteiger partial charge >= 0.3 is 0 Å². The summed E-state index contributed by atoms with van der Waals surface area (Å²) in [7, 11) is 0. The molecule has 4 heteroatoms. The minimum atomic E-state index is -0.377. The first-order chi connectivity index (χ1) is 17.7. The maximum atomic E-state index is 14.1. The molecule has 0 unspecified atom stereocenters. The zero-order chi connectivity index (χ0) is 24.6. The van der Waals surface area contributed by atoms with E-state index >= 15 is 0 Å². The van der Waals surface area contributed by atoms with E-state index in [1.807, 2.05) is 60.7 Å². The fraction of sp³-hybridized carbons (Fsp3) is 0.219. The molecule has 36 heavy (non-hydrogen) atoms. The van der Waals surface area contributed by atoms with Gasteiger partial charge in [0.05, 0.1) is 12.1 Å². The molecule has 3 aromatic rings. The third kappa shape index (κ3) is 3.55. The quantitative estimate of drug-likeness (QED) is 0.422. The van der Waals surface area contributed by atoms with Crippen LogP contribution in [0.15, 0.2) is 96.6 Å². The van der Waals surface area contributed by atoms with Gasteiger partial charge < -0.3 is 4.90 Å². The van der Waals surface area contributed by atoms with Crippen LogP contribution in [0.4, 0.5) is 5.69 Å². The number of nitrogens with zero attached hydrogens (tertiary/aromatic N) is 3. The van der Waals surface area contributed by atoms with Gasteiger partial charge in [-0.15, -0.1) is 0 Å². The highest BCUT2D eigenvalue weighted by Gasteiger charge is 2.56. The molecule has 2 fully saturated rings. The molecule has 4 nitrogen and oxygen atoms in total. The van der Waals surface area contributed by atoms with Crippen LogP contribution in [0.3, 0.4) is 0 Å². The highest BCUT2D eigenvalue weighted by Crippen LogP contribution is 2.55. The second-order valence-corrected chi connectivity index (χ2v) is 9.78. The molecule has 0 amide bonds. The van der Waals surface area contributed by atoms with Crippen molar-refractivity contribution in [1.29, 1.82) is 10.5 Å². The van der Waals surface area contributed by atoms with Crippen molar-refractivity contribution in [3.8, 4) is 12.1 Å². The average Bonchev–Trinajstić information content (AvgIpc) is 3.73. The van der Waals surface area contributed by atoms with E-state index < -0.39 is 0 Å². The van der Waals surface area contributed by atoms with Crippen LogP contribution in [0.1, 0.15) is 35.4 Å². The van der Waals surface area contributed by atoms with Gasteiger partial charge in [0.2, 0.25) is 0 Å². The van der Waals surface area contributed by atoms with Crippen LogP contribution in [0.5, 0.6) is 0 Å². The summed E-state index contributed by atoms with van der Waals surface area (Å²) in [5.74, 6) is -0.105. The molecule has 0 aromatic heterocycles. The molecule has 2 aliphatic heterocycles. The Balaban J connectivity index is 1.65. The molecule has 0 N–H and O–H groups in total. The lowest BCUT2D eigenvalue weighted by Crippen LogP contribution is -2.44. The smallest absolute Gasteiger partial charge is 0.158 e. The first-order valence-corrected chi connectivity index (χ1v) is 12.5. The first kappa shape index (κ1) is 22.1. The molecule has 6 rings (SSSR count). The van der Waals surface area contributed by atoms with Crippen molar-refractivity contribution in [3.05, 3.63) is 113 Å². The number of ketones is 1. The molecule has 0 radical (unpaired) electrons. The number of nitriles is 2. The predicted octanol–water partition coefficient (Wildman–Crippen LogP) is 6.15. The molecular weight excluding hydrogens is 442 g/mol. The Hall–Kier alpha value is -4.41. The number of allylic oxidation sites excluding steroid dienone is 1. The van der Waals surface area contributed by atoms with E-state index in [0.717, 1.165) is 40.8 Å². The minimum absolute atomic E-state index is 0.0780. The van der Waals surface area contributed by atoms with Crippen LogP contribution in [0, 0.1) is 34.5 Å². The Morgan fingerprint density at radius 1 is 0.833 bits per heavy atom. The number of rotatable bonds is 5. The van der Waals surface area contributed by atoms with E-state index in [2.05, 4.69) is 53.5 Å². The number of anilines is 1. The van der Waals surface area contributed by atoms with Crippen molar-refractivity contribution in [2.45, 2.75) is 30.8 Å². The van der Waals surface area contributed by atoms with Gasteiger partial charge in [-0.05, 0) is 41.2 Å². The molecule has 1 aliphatic carbocycles. The van der Waals surface area contributed by atoms with Crippen molar-refractivity contribution in [2.24, 2.45) is 11.8 Å². The maximum absolute atomic E-state index is 14.1. The van der Waals surface area contributed by atoms with Crippen molar-refractivity contribution >= 4 is 23.1 Å². The van der Waals surface area contributed by atoms with Crippen LogP contribution in [0.25, 0.3) is 11.6 Å². The zero-order valence-corrected chi connectivity index (χ0v) is 19.8. The summed E-state index contributed by atoms with van der Waals surface area (Å²) in [4.78, 5) is 16.3. The molecule has 0 spiro atoms. The van der Waals surface area contributed by atoms with Gasteiger partial charge in [0, 0.05) is 23.4 Å². The number of benzene rings is 3. The number of hydrogen-bond donors (Lipinski definition) is 0. The van der Waals surface area contributed by atoms with Crippen molar-refractivity contribution in [1.82, 2.24) is 0 Å². The Morgan fingerprint density at radius 3 is 2.14 bits per heavy atom.